The first-order chi connectivity index (χ1) is 10.0. The number of benzene rings is 3. The van der Waals surface area contributed by atoms with E-state index in [9.17, 15) is 8.78 Å². The third-order valence-electron chi connectivity index (χ3n) is 3.48. The first-order valence-corrected chi connectivity index (χ1v) is 7.23. The number of rotatable bonds is 2. The number of nitrogens with two attached hydrogens (primary N) is 1. The first-order valence-electron chi connectivity index (χ1n) is 6.44. The highest BCUT2D eigenvalue weighted by molar-refractivity contribution is 9.10. The summed E-state index contributed by atoms with van der Waals surface area (Å²) in [6.45, 7) is 0. The van der Waals surface area contributed by atoms with E-state index in [4.69, 9.17) is 5.73 Å². The first kappa shape index (κ1) is 14.2. The van der Waals surface area contributed by atoms with Crippen molar-refractivity contribution in [3.05, 3.63) is 81.8 Å². The summed E-state index contributed by atoms with van der Waals surface area (Å²) in [4.78, 5) is 0. The maximum absolute atomic E-state index is 13.8. The quantitative estimate of drug-likeness (QED) is 0.698. The zero-order valence-corrected chi connectivity index (χ0v) is 12.6. The van der Waals surface area contributed by atoms with Crippen molar-refractivity contribution in [2.75, 3.05) is 0 Å². The van der Waals surface area contributed by atoms with E-state index in [-0.39, 0.29) is 5.56 Å². The van der Waals surface area contributed by atoms with Crippen LogP contribution in [0.2, 0.25) is 0 Å². The monoisotopic (exact) mass is 347 g/mol. The molecule has 0 aliphatic rings. The number of hydrogen-bond donors (Lipinski definition) is 1. The summed E-state index contributed by atoms with van der Waals surface area (Å²) in [6, 6.07) is 14.2. The SMILES string of the molecule is NC(c1ccc2cc(Br)ccc2c1)c1cc(F)ccc1F. The Hall–Kier alpha value is -1.78. The minimum atomic E-state index is -0.700. The van der Waals surface area contributed by atoms with Crippen LogP contribution in [0.4, 0.5) is 8.78 Å². The van der Waals surface area contributed by atoms with Crippen LogP contribution in [0.3, 0.4) is 0 Å². The molecular formula is C17H12BrF2N. The molecule has 3 rings (SSSR count). The van der Waals surface area contributed by atoms with Gasteiger partial charge in [-0.15, -0.1) is 0 Å². The highest BCUT2D eigenvalue weighted by Gasteiger charge is 2.15. The van der Waals surface area contributed by atoms with Crippen molar-refractivity contribution in [2.45, 2.75) is 6.04 Å². The Morgan fingerprint density at radius 1 is 0.857 bits per heavy atom. The Morgan fingerprint density at radius 3 is 2.38 bits per heavy atom. The maximum Gasteiger partial charge on any atom is 0.128 e. The summed E-state index contributed by atoms with van der Waals surface area (Å²) >= 11 is 3.42. The van der Waals surface area contributed by atoms with Crippen molar-refractivity contribution in [1.29, 1.82) is 0 Å². The van der Waals surface area contributed by atoms with E-state index in [1.807, 2.05) is 36.4 Å². The molecule has 0 aliphatic carbocycles. The number of fused-ring (bicyclic) bond motifs is 1. The lowest BCUT2D eigenvalue weighted by Gasteiger charge is -2.14. The van der Waals surface area contributed by atoms with E-state index in [0.29, 0.717) is 0 Å². The molecule has 3 aromatic rings. The van der Waals surface area contributed by atoms with Gasteiger partial charge in [-0.25, -0.2) is 8.78 Å². The molecule has 0 heterocycles. The summed E-state index contributed by atoms with van der Waals surface area (Å²) in [5.74, 6) is -0.994. The minimum Gasteiger partial charge on any atom is -0.320 e. The van der Waals surface area contributed by atoms with Crippen LogP contribution < -0.4 is 5.73 Å². The van der Waals surface area contributed by atoms with E-state index < -0.39 is 17.7 Å². The van der Waals surface area contributed by atoms with Crippen molar-refractivity contribution in [3.63, 3.8) is 0 Å². The fourth-order valence-corrected chi connectivity index (χ4v) is 2.74. The molecule has 1 unspecified atom stereocenters. The lowest BCUT2D eigenvalue weighted by molar-refractivity contribution is 0.577. The Balaban J connectivity index is 2.07. The molecule has 0 saturated heterocycles. The van der Waals surface area contributed by atoms with Crippen molar-refractivity contribution in [2.24, 2.45) is 5.73 Å². The van der Waals surface area contributed by atoms with Gasteiger partial charge >= 0.3 is 0 Å². The number of halogens is 3. The van der Waals surface area contributed by atoms with Crippen LogP contribution in [-0.4, -0.2) is 0 Å². The van der Waals surface area contributed by atoms with Gasteiger partial charge in [0, 0.05) is 10.0 Å². The molecule has 0 spiro atoms. The summed E-state index contributed by atoms with van der Waals surface area (Å²) in [5.41, 5.74) is 6.99. The molecule has 0 fully saturated rings. The summed E-state index contributed by atoms with van der Waals surface area (Å²) < 4.78 is 28.1. The van der Waals surface area contributed by atoms with Gasteiger partial charge in [-0.1, -0.05) is 34.1 Å². The van der Waals surface area contributed by atoms with Crippen LogP contribution in [0.25, 0.3) is 10.8 Å². The Morgan fingerprint density at radius 2 is 1.57 bits per heavy atom. The summed E-state index contributed by atoms with van der Waals surface area (Å²) in [6.07, 6.45) is 0. The average Bonchev–Trinajstić information content (AvgIpc) is 2.48. The predicted molar refractivity (Wildman–Crippen MR) is 84.0 cm³/mol. The van der Waals surface area contributed by atoms with Gasteiger partial charge in [0.2, 0.25) is 0 Å². The molecule has 0 bridgehead atoms. The van der Waals surface area contributed by atoms with Crippen molar-refractivity contribution in [3.8, 4) is 0 Å². The summed E-state index contributed by atoms with van der Waals surface area (Å²) in [7, 11) is 0. The fraction of sp³-hybridized carbons (Fsp3) is 0.0588. The van der Waals surface area contributed by atoms with Crippen LogP contribution in [0, 0.1) is 11.6 Å². The normalized spacial score (nSPS) is 12.6. The average molecular weight is 348 g/mol. The molecule has 0 radical (unpaired) electrons. The van der Waals surface area contributed by atoms with E-state index >= 15 is 0 Å². The lowest BCUT2D eigenvalue weighted by Crippen LogP contribution is -2.14. The van der Waals surface area contributed by atoms with E-state index in [1.54, 1.807) is 0 Å². The summed E-state index contributed by atoms with van der Waals surface area (Å²) in [5, 5.41) is 2.06. The van der Waals surface area contributed by atoms with Crippen LogP contribution in [-0.2, 0) is 0 Å². The van der Waals surface area contributed by atoms with Crippen LogP contribution in [0.1, 0.15) is 17.2 Å². The van der Waals surface area contributed by atoms with E-state index in [2.05, 4.69) is 15.9 Å². The molecule has 0 saturated carbocycles. The standard InChI is InChI=1S/C17H12BrF2N/c18-13-4-3-10-7-12(2-1-11(10)8-13)17(21)15-9-14(19)5-6-16(15)20/h1-9,17H,21H2. The van der Waals surface area contributed by atoms with Gasteiger partial charge in [0.1, 0.15) is 11.6 Å². The second kappa shape index (κ2) is 5.54. The van der Waals surface area contributed by atoms with Crippen LogP contribution in [0.15, 0.2) is 59.1 Å². The van der Waals surface area contributed by atoms with Crippen LogP contribution in [0.5, 0.6) is 0 Å². The Kier molecular flexibility index (Phi) is 3.74. The number of hydrogen-bond acceptors (Lipinski definition) is 1. The maximum atomic E-state index is 13.8. The van der Waals surface area contributed by atoms with Crippen molar-refractivity contribution < 1.29 is 8.78 Å². The molecule has 0 aromatic heterocycles. The molecule has 1 atom stereocenters. The smallest absolute Gasteiger partial charge is 0.128 e. The van der Waals surface area contributed by atoms with E-state index in [1.165, 1.54) is 0 Å². The molecule has 3 aromatic carbocycles. The van der Waals surface area contributed by atoms with Gasteiger partial charge in [0.05, 0.1) is 6.04 Å². The van der Waals surface area contributed by atoms with Crippen molar-refractivity contribution in [1.82, 2.24) is 0 Å². The zero-order valence-electron chi connectivity index (χ0n) is 11.0. The van der Waals surface area contributed by atoms with Gasteiger partial charge in [-0.05, 0) is 52.7 Å². The minimum absolute atomic E-state index is 0.159. The fourth-order valence-electron chi connectivity index (χ4n) is 2.36. The van der Waals surface area contributed by atoms with Gasteiger partial charge in [0.15, 0.2) is 0 Å². The largest absolute Gasteiger partial charge is 0.320 e. The predicted octanol–water partition coefficient (Wildman–Crippen LogP) is 4.93. The molecule has 21 heavy (non-hydrogen) atoms. The molecular weight excluding hydrogens is 336 g/mol. The molecule has 2 N–H and O–H groups in total. The third kappa shape index (κ3) is 2.82. The van der Waals surface area contributed by atoms with Gasteiger partial charge in [-0.2, -0.15) is 0 Å². The topological polar surface area (TPSA) is 26.0 Å². The third-order valence-corrected chi connectivity index (χ3v) is 3.97. The van der Waals surface area contributed by atoms with Crippen molar-refractivity contribution >= 4 is 26.7 Å². The highest BCUT2D eigenvalue weighted by Crippen LogP contribution is 2.27. The Labute approximate surface area is 129 Å². The molecule has 106 valence electrons. The zero-order chi connectivity index (χ0) is 15.0. The van der Waals surface area contributed by atoms with Gasteiger partial charge in [0.25, 0.3) is 0 Å². The molecule has 1 nitrogen and oxygen atoms in total. The molecule has 0 amide bonds. The van der Waals surface area contributed by atoms with E-state index in [0.717, 1.165) is 39.0 Å². The second-order valence-corrected chi connectivity index (χ2v) is 5.81. The Bertz CT molecular complexity index is 817. The second-order valence-electron chi connectivity index (χ2n) is 4.89. The molecule has 0 aliphatic heterocycles. The lowest BCUT2D eigenvalue weighted by atomic mass is 9.96. The molecule has 4 heteroatoms. The van der Waals surface area contributed by atoms with Gasteiger partial charge < -0.3 is 5.73 Å². The van der Waals surface area contributed by atoms with Crippen LogP contribution >= 0.6 is 15.9 Å². The highest BCUT2D eigenvalue weighted by atomic mass is 79.9. The van der Waals surface area contributed by atoms with Gasteiger partial charge in [-0.3, -0.25) is 0 Å².